The summed E-state index contributed by atoms with van der Waals surface area (Å²) >= 11 is 1.87. The lowest BCUT2D eigenvalue weighted by Crippen LogP contribution is -2.41. The lowest BCUT2D eigenvalue weighted by atomic mass is 10.1. The van der Waals surface area contributed by atoms with Crippen LogP contribution in [0.4, 0.5) is 4.39 Å². The first-order valence-corrected chi connectivity index (χ1v) is 7.61. The van der Waals surface area contributed by atoms with Gasteiger partial charge in [0.1, 0.15) is 5.82 Å². The molecule has 0 aromatic heterocycles. The summed E-state index contributed by atoms with van der Waals surface area (Å²) in [5.74, 6) is 1.88. The smallest absolute Gasteiger partial charge is 0.224 e. The van der Waals surface area contributed by atoms with E-state index in [1.165, 1.54) is 6.07 Å². The molecular weight excluding hydrogens is 263 g/mol. The van der Waals surface area contributed by atoms with Crippen molar-refractivity contribution in [2.45, 2.75) is 19.0 Å². The van der Waals surface area contributed by atoms with Gasteiger partial charge in [0.05, 0.1) is 0 Å². The van der Waals surface area contributed by atoms with Crippen LogP contribution in [0.15, 0.2) is 24.3 Å². The number of nitrogens with zero attached hydrogens (tertiary/aromatic N) is 1. The predicted octanol–water partition coefficient (Wildman–Crippen LogP) is 1.88. The first-order chi connectivity index (χ1) is 9.16. The van der Waals surface area contributed by atoms with E-state index in [0.717, 1.165) is 18.1 Å². The molecule has 0 aliphatic carbocycles. The Morgan fingerprint density at radius 3 is 3.00 bits per heavy atom. The van der Waals surface area contributed by atoms with Crippen molar-refractivity contribution >= 4 is 17.7 Å². The van der Waals surface area contributed by atoms with Crippen molar-refractivity contribution in [1.82, 2.24) is 10.2 Å². The van der Waals surface area contributed by atoms with Crippen LogP contribution in [-0.4, -0.2) is 41.9 Å². The molecule has 0 spiro atoms. The van der Waals surface area contributed by atoms with Gasteiger partial charge in [0.25, 0.3) is 0 Å². The van der Waals surface area contributed by atoms with Crippen molar-refractivity contribution in [3.05, 3.63) is 35.6 Å². The standard InChI is InChI=1S/C14H19FN2OS/c1-17(9-11-4-2-3-5-13(11)15)14(18)8-12-10-19-7-6-16-12/h2-5,12,16H,6-10H2,1H3. The number of amides is 1. The van der Waals surface area contributed by atoms with Crippen molar-refractivity contribution < 1.29 is 9.18 Å². The SMILES string of the molecule is CN(Cc1ccccc1F)C(=O)CC1CSCCN1. The maximum atomic E-state index is 13.5. The lowest BCUT2D eigenvalue weighted by molar-refractivity contribution is -0.130. The molecule has 1 aromatic carbocycles. The van der Waals surface area contributed by atoms with Crippen LogP contribution in [0, 0.1) is 5.82 Å². The highest BCUT2D eigenvalue weighted by Gasteiger charge is 2.19. The van der Waals surface area contributed by atoms with Gasteiger partial charge in [-0.25, -0.2) is 4.39 Å². The van der Waals surface area contributed by atoms with Crippen LogP contribution in [0.3, 0.4) is 0 Å². The molecule has 1 amide bonds. The fourth-order valence-electron chi connectivity index (χ4n) is 2.09. The molecule has 0 saturated carbocycles. The zero-order valence-electron chi connectivity index (χ0n) is 11.1. The summed E-state index contributed by atoms with van der Waals surface area (Å²) < 4.78 is 13.5. The van der Waals surface area contributed by atoms with Crippen molar-refractivity contribution in [2.75, 3.05) is 25.1 Å². The Kier molecular flexibility index (Phi) is 5.22. The Labute approximate surface area is 117 Å². The third-order valence-electron chi connectivity index (χ3n) is 3.21. The molecule has 1 unspecified atom stereocenters. The van der Waals surface area contributed by atoms with E-state index in [4.69, 9.17) is 0 Å². The van der Waals surface area contributed by atoms with Crippen LogP contribution in [0.1, 0.15) is 12.0 Å². The molecule has 1 heterocycles. The van der Waals surface area contributed by atoms with Crippen LogP contribution in [0.25, 0.3) is 0 Å². The van der Waals surface area contributed by atoms with Crippen molar-refractivity contribution in [3.63, 3.8) is 0 Å². The van der Waals surface area contributed by atoms with Crippen molar-refractivity contribution in [1.29, 1.82) is 0 Å². The van der Waals surface area contributed by atoms with Crippen LogP contribution >= 0.6 is 11.8 Å². The quantitative estimate of drug-likeness (QED) is 0.915. The number of hydrogen-bond donors (Lipinski definition) is 1. The van der Waals surface area contributed by atoms with E-state index < -0.39 is 0 Å². The third-order valence-corrected chi connectivity index (χ3v) is 4.34. The Morgan fingerprint density at radius 1 is 1.53 bits per heavy atom. The van der Waals surface area contributed by atoms with Gasteiger partial charge in [0, 0.05) is 49.7 Å². The van der Waals surface area contributed by atoms with E-state index in [9.17, 15) is 9.18 Å². The fourth-order valence-corrected chi connectivity index (χ4v) is 3.04. The van der Waals surface area contributed by atoms with E-state index in [0.29, 0.717) is 18.5 Å². The average Bonchev–Trinajstić information content (AvgIpc) is 2.42. The molecule has 1 atom stereocenters. The molecule has 2 rings (SSSR count). The van der Waals surface area contributed by atoms with Crippen molar-refractivity contribution in [2.24, 2.45) is 0 Å². The summed E-state index contributed by atoms with van der Waals surface area (Å²) in [7, 11) is 1.73. The second-order valence-corrected chi connectivity index (χ2v) is 5.92. The molecule has 1 aromatic rings. The minimum atomic E-state index is -0.256. The van der Waals surface area contributed by atoms with Crippen LogP contribution < -0.4 is 5.32 Å². The summed E-state index contributed by atoms with van der Waals surface area (Å²) in [5, 5.41) is 3.34. The van der Waals surface area contributed by atoms with E-state index in [1.807, 2.05) is 11.8 Å². The molecule has 1 fully saturated rings. The van der Waals surface area contributed by atoms with E-state index in [-0.39, 0.29) is 17.8 Å². The second-order valence-electron chi connectivity index (χ2n) is 4.77. The van der Waals surface area contributed by atoms with E-state index in [2.05, 4.69) is 5.32 Å². The van der Waals surface area contributed by atoms with Crippen LogP contribution in [-0.2, 0) is 11.3 Å². The molecular formula is C14H19FN2OS. The first-order valence-electron chi connectivity index (χ1n) is 6.45. The van der Waals surface area contributed by atoms with E-state index >= 15 is 0 Å². The Balaban J connectivity index is 1.87. The normalized spacial score (nSPS) is 19.2. The maximum Gasteiger partial charge on any atom is 0.224 e. The van der Waals surface area contributed by atoms with Gasteiger partial charge >= 0.3 is 0 Å². The van der Waals surface area contributed by atoms with Gasteiger partial charge in [0.2, 0.25) is 5.91 Å². The monoisotopic (exact) mass is 282 g/mol. The van der Waals surface area contributed by atoms with Gasteiger partial charge in [-0.2, -0.15) is 11.8 Å². The highest BCUT2D eigenvalue weighted by Crippen LogP contribution is 2.13. The largest absolute Gasteiger partial charge is 0.341 e. The van der Waals surface area contributed by atoms with Gasteiger partial charge in [-0.3, -0.25) is 4.79 Å². The minimum absolute atomic E-state index is 0.0586. The number of halogens is 1. The number of hydrogen-bond acceptors (Lipinski definition) is 3. The fraction of sp³-hybridized carbons (Fsp3) is 0.500. The number of rotatable bonds is 4. The zero-order chi connectivity index (χ0) is 13.7. The van der Waals surface area contributed by atoms with Crippen LogP contribution in [0.2, 0.25) is 0 Å². The lowest BCUT2D eigenvalue weighted by Gasteiger charge is -2.25. The summed E-state index contributed by atoms with van der Waals surface area (Å²) in [6.45, 7) is 1.28. The molecule has 3 nitrogen and oxygen atoms in total. The highest BCUT2D eigenvalue weighted by molar-refractivity contribution is 7.99. The number of thioether (sulfide) groups is 1. The minimum Gasteiger partial charge on any atom is -0.341 e. The molecule has 1 saturated heterocycles. The molecule has 0 radical (unpaired) electrons. The average molecular weight is 282 g/mol. The Morgan fingerprint density at radius 2 is 2.32 bits per heavy atom. The van der Waals surface area contributed by atoms with Gasteiger partial charge in [-0.15, -0.1) is 0 Å². The molecule has 1 aliphatic rings. The van der Waals surface area contributed by atoms with Crippen molar-refractivity contribution in [3.8, 4) is 0 Å². The van der Waals surface area contributed by atoms with Gasteiger partial charge in [-0.1, -0.05) is 18.2 Å². The van der Waals surface area contributed by atoms with Gasteiger partial charge in [-0.05, 0) is 6.07 Å². The number of carbonyl (C=O) groups excluding carboxylic acids is 1. The highest BCUT2D eigenvalue weighted by atomic mass is 32.2. The molecule has 5 heteroatoms. The molecule has 0 bridgehead atoms. The molecule has 1 N–H and O–H groups in total. The van der Waals surface area contributed by atoms with E-state index in [1.54, 1.807) is 30.1 Å². The number of nitrogens with one attached hydrogen (secondary N) is 1. The third kappa shape index (κ3) is 4.21. The van der Waals surface area contributed by atoms with Crippen LogP contribution in [0.5, 0.6) is 0 Å². The number of carbonyl (C=O) groups is 1. The second kappa shape index (κ2) is 6.91. The molecule has 1 aliphatic heterocycles. The molecule has 104 valence electrons. The number of benzene rings is 1. The summed E-state index contributed by atoms with van der Waals surface area (Å²) in [6, 6.07) is 6.83. The van der Waals surface area contributed by atoms with Gasteiger partial charge in [0.15, 0.2) is 0 Å². The molecule has 19 heavy (non-hydrogen) atoms. The maximum absolute atomic E-state index is 13.5. The van der Waals surface area contributed by atoms with Gasteiger partial charge < -0.3 is 10.2 Å². The Bertz CT molecular complexity index is 435. The summed E-state index contributed by atoms with van der Waals surface area (Å²) in [4.78, 5) is 13.7. The first kappa shape index (κ1) is 14.3. The zero-order valence-corrected chi connectivity index (χ0v) is 11.9. The Hall–Kier alpha value is -1.07. The topological polar surface area (TPSA) is 32.3 Å². The predicted molar refractivity (Wildman–Crippen MR) is 76.6 cm³/mol. The summed E-state index contributed by atoms with van der Waals surface area (Å²) in [6.07, 6.45) is 0.484. The summed E-state index contributed by atoms with van der Waals surface area (Å²) in [5.41, 5.74) is 0.560.